The summed E-state index contributed by atoms with van der Waals surface area (Å²) in [6, 6.07) is 0.262. The lowest BCUT2D eigenvalue weighted by atomic mass is 9.95. The molecule has 0 bridgehead atoms. The minimum absolute atomic E-state index is 0.119. The Hall–Kier alpha value is -1.73. The number of carbonyl (C=O) groups is 1. The molecule has 0 radical (unpaired) electrons. The van der Waals surface area contributed by atoms with E-state index in [4.69, 9.17) is 10.5 Å². The van der Waals surface area contributed by atoms with Gasteiger partial charge in [0.1, 0.15) is 0 Å². The summed E-state index contributed by atoms with van der Waals surface area (Å²) in [5.41, 5.74) is 6.63. The molecule has 1 aromatic heterocycles. The first-order valence-corrected chi connectivity index (χ1v) is 9.36. The van der Waals surface area contributed by atoms with Crippen LogP contribution >= 0.6 is 0 Å². The van der Waals surface area contributed by atoms with Gasteiger partial charge < -0.3 is 15.8 Å². The van der Waals surface area contributed by atoms with Crippen molar-refractivity contribution in [2.45, 2.75) is 38.3 Å². The van der Waals surface area contributed by atoms with Crippen molar-refractivity contribution in [3.8, 4) is 0 Å². The molecule has 7 nitrogen and oxygen atoms in total. The molecule has 0 aromatic carbocycles. The van der Waals surface area contributed by atoms with Crippen LogP contribution in [0.25, 0.3) is 0 Å². The Labute approximate surface area is 148 Å². The molecule has 3 heterocycles. The summed E-state index contributed by atoms with van der Waals surface area (Å²) >= 11 is 0. The van der Waals surface area contributed by atoms with Crippen molar-refractivity contribution in [1.29, 1.82) is 0 Å². The van der Waals surface area contributed by atoms with Crippen molar-refractivity contribution in [3.63, 3.8) is 0 Å². The molecule has 7 heteroatoms. The number of likely N-dealkylation sites (tertiary alicyclic amines) is 1. The predicted molar refractivity (Wildman–Crippen MR) is 93.4 cm³/mol. The van der Waals surface area contributed by atoms with E-state index in [0.29, 0.717) is 25.1 Å². The standard InChI is InChI=1S/C18H27N5O2/c19-18-20-7-12(8-21-18)9-23-10-15(13-1-2-13)16(11-23)22-17(24)14-3-5-25-6-4-14/h7-8,13-16H,1-6,9-11H2,(H,22,24)(H2,19,20,21). The summed E-state index contributed by atoms with van der Waals surface area (Å²) < 4.78 is 5.37. The van der Waals surface area contributed by atoms with E-state index in [-0.39, 0.29) is 17.9 Å². The van der Waals surface area contributed by atoms with Crippen LogP contribution in [0.2, 0.25) is 0 Å². The van der Waals surface area contributed by atoms with E-state index in [0.717, 1.165) is 44.0 Å². The second kappa shape index (κ2) is 7.25. The van der Waals surface area contributed by atoms with Crippen LogP contribution in [0.4, 0.5) is 5.95 Å². The highest BCUT2D eigenvalue weighted by Crippen LogP contribution is 2.41. The molecule has 0 spiro atoms. The summed E-state index contributed by atoms with van der Waals surface area (Å²) in [7, 11) is 0. The first kappa shape index (κ1) is 16.7. The van der Waals surface area contributed by atoms with Crippen LogP contribution in [0.1, 0.15) is 31.2 Å². The summed E-state index contributed by atoms with van der Waals surface area (Å²) in [6.07, 6.45) is 7.88. The monoisotopic (exact) mass is 345 g/mol. The minimum Gasteiger partial charge on any atom is -0.381 e. The number of nitrogens with zero attached hydrogens (tertiary/aromatic N) is 3. The van der Waals surface area contributed by atoms with E-state index < -0.39 is 0 Å². The molecule has 25 heavy (non-hydrogen) atoms. The maximum Gasteiger partial charge on any atom is 0.223 e. The fraction of sp³-hybridized carbons (Fsp3) is 0.722. The lowest BCUT2D eigenvalue weighted by Gasteiger charge is -2.25. The first-order chi connectivity index (χ1) is 12.2. The highest BCUT2D eigenvalue weighted by atomic mass is 16.5. The largest absolute Gasteiger partial charge is 0.381 e. The molecular formula is C18H27N5O2. The van der Waals surface area contributed by atoms with E-state index in [9.17, 15) is 4.79 Å². The molecule has 3 aliphatic rings. The van der Waals surface area contributed by atoms with Gasteiger partial charge in [0.25, 0.3) is 0 Å². The van der Waals surface area contributed by atoms with Crippen LogP contribution < -0.4 is 11.1 Å². The highest BCUT2D eigenvalue weighted by molar-refractivity contribution is 5.79. The highest BCUT2D eigenvalue weighted by Gasteiger charge is 2.43. The SMILES string of the molecule is Nc1ncc(CN2CC(NC(=O)C3CCOCC3)C(C3CC3)C2)cn1. The number of hydrogen-bond donors (Lipinski definition) is 2. The zero-order valence-electron chi connectivity index (χ0n) is 14.6. The third kappa shape index (κ3) is 4.10. The lowest BCUT2D eigenvalue weighted by Crippen LogP contribution is -2.45. The van der Waals surface area contributed by atoms with Gasteiger partial charge in [0.05, 0.1) is 0 Å². The van der Waals surface area contributed by atoms with E-state index >= 15 is 0 Å². The Bertz CT molecular complexity index is 598. The molecule has 2 atom stereocenters. The number of ether oxygens (including phenoxy) is 1. The molecule has 1 aromatic rings. The van der Waals surface area contributed by atoms with Gasteiger partial charge in [-0.15, -0.1) is 0 Å². The summed E-state index contributed by atoms with van der Waals surface area (Å²) in [6.45, 7) is 4.16. The van der Waals surface area contributed by atoms with E-state index in [1.54, 1.807) is 12.4 Å². The average molecular weight is 345 g/mol. The van der Waals surface area contributed by atoms with E-state index in [2.05, 4.69) is 20.2 Å². The van der Waals surface area contributed by atoms with Crippen LogP contribution in [0.15, 0.2) is 12.4 Å². The third-order valence-electron chi connectivity index (χ3n) is 5.72. The minimum atomic E-state index is 0.119. The third-order valence-corrected chi connectivity index (χ3v) is 5.72. The normalized spacial score (nSPS) is 28.2. The van der Waals surface area contributed by atoms with Crippen molar-refractivity contribution in [3.05, 3.63) is 18.0 Å². The Morgan fingerprint density at radius 2 is 1.92 bits per heavy atom. The number of nitrogen functional groups attached to an aromatic ring is 1. The molecule has 1 aliphatic carbocycles. The van der Waals surface area contributed by atoms with Gasteiger partial charge in [0.2, 0.25) is 11.9 Å². The molecule has 2 saturated heterocycles. The molecule has 2 aliphatic heterocycles. The first-order valence-electron chi connectivity index (χ1n) is 9.36. The second-order valence-corrected chi connectivity index (χ2v) is 7.65. The maximum atomic E-state index is 12.6. The van der Waals surface area contributed by atoms with Crippen molar-refractivity contribution < 1.29 is 9.53 Å². The summed E-state index contributed by atoms with van der Waals surface area (Å²) in [5.74, 6) is 1.98. The van der Waals surface area contributed by atoms with Gasteiger partial charge in [-0.3, -0.25) is 9.69 Å². The van der Waals surface area contributed by atoms with Crippen LogP contribution in [0.5, 0.6) is 0 Å². The molecule has 136 valence electrons. The van der Waals surface area contributed by atoms with E-state index in [1.807, 2.05) is 0 Å². The van der Waals surface area contributed by atoms with Gasteiger partial charge in [0, 0.05) is 62.8 Å². The number of amides is 1. The number of rotatable bonds is 5. The quantitative estimate of drug-likeness (QED) is 0.820. The van der Waals surface area contributed by atoms with Crippen molar-refractivity contribution in [2.75, 3.05) is 32.0 Å². The van der Waals surface area contributed by atoms with Gasteiger partial charge in [-0.2, -0.15) is 0 Å². The van der Waals surface area contributed by atoms with Gasteiger partial charge in [-0.1, -0.05) is 0 Å². The number of aromatic nitrogens is 2. The summed E-state index contributed by atoms with van der Waals surface area (Å²) in [5, 5.41) is 3.36. The number of hydrogen-bond acceptors (Lipinski definition) is 6. The molecule has 1 saturated carbocycles. The Morgan fingerprint density at radius 3 is 2.60 bits per heavy atom. The van der Waals surface area contributed by atoms with Gasteiger partial charge >= 0.3 is 0 Å². The molecule has 4 rings (SSSR count). The van der Waals surface area contributed by atoms with Crippen LogP contribution in [0.3, 0.4) is 0 Å². The Balaban J connectivity index is 1.36. The van der Waals surface area contributed by atoms with Gasteiger partial charge in [-0.05, 0) is 37.5 Å². The molecule has 2 unspecified atom stereocenters. The molecule has 1 amide bonds. The summed E-state index contributed by atoms with van der Waals surface area (Å²) in [4.78, 5) is 23.2. The fourth-order valence-corrected chi connectivity index (χ4v) is 4.16. The number of anilines is 1. The molecule has 3 fully saturated rings. The lowest BCUT2D eigenvalue weighted by molar-refractivity contribution is -0.128. The van der Waals surface area contributed by atoms with Crippen LogP contribution in [-0.4, -0.2) is 53.1 Å². The zero-order valence-corrected chi connectivity index (χ0v) is 14.6. The zero-order chi connectivity index (χ0) is 17.2. The molecule has 3 N–H and O–H groups in total. The van der Waals surface area contributed by atoms with Crippen molar-refractivity contribution >= 4 is 11.9 Å². The second-order valence-electron chi connectivity index (χ2n) is 7.65. The number of carbonyl (C=O) groups excluding carboxylic acids is 1. The van der Waals surface area contributed by atoms with Gasteiger partial charge in [-0.25, -0.2) is 9.97 Å². The Morgan fingerprint density at radius 1 is 1.20 bits per heavy atom. The van der Waals surface area contributed by atoms with Crippen LogP contribution in [0, 0.1) is 17.8 Å². The molecular weight excluding hydrogens is 318 g/mol. The maximum absolute atomic E-state index is 12.6. The van der Waals surface area contributed by atoms with Crippen LogP contribution in [-0.2, 0) is 16.1 Å². The van der Waals surface area contributed by atoms with Crippen molar-refractivity contribution in [1.82, 2.24) is 20.2 Å². The van der Waals surface area contributed by atoms with Gasteiger partial charge in [0.15, 0.2) is 0 Å². The van der Waals surface area contributed by atoms with E-state index in [1.165, 1.54) is 12.8 Å². The topological polar surface area (TPSA) is 93.4 Å². The number of nitrogens with one attached hydrogen (secondary N) is 1. The Kier molecular flexibility index (Phi) is 4.85. The predicted octanol–water partition coefficient (Wildman–Crippen LogP) is 0.812. The smallest absolute Gasteiger partial charge is 0.223 e. The average Bonchev–Trinajstić information content (AvgIpc) is 3.40. The fourth-order valence-electron chi connectivity index (χ4n) is 4.16. The number of nitrogens with two attached hydrogens (primary N) is 1. The van der Waals surface area contributed by atoms with Crippen molar-refractivity contribution in [2.24, 2.45) is 17.8 Å².